The van der Waals surface area contributed by atoms with Crippen molar-refractivity contribution in [2.24, 2.45) is 0 Å². The maximum atomic E-state index is 13.1. The molecule has 3 nitrogen and oxygen atoms in total. The molecule has 0 unspecified atom stereocenters. The zero-order chi connectivity index (χ0) is 14.7. The highest BCUT2D eigenvalue weighted by atomic mass is 79.9. The van der Waals surface area contributed by atoms with E-state index in [4.69, 9.17) is 5.73 Å². The van der Waals surface area contributed by atoms with E-state index in [1.807, 2.05) is 0 Å². The van der Waals surface area contributed by atoms with Gasteiger partial charge in [0.1, 0.15) is 5.82 Å². The number of hydrogen-bond acceptors (Lipinski definition) is 2. The Bertz CT molecular complexity index is 662. The third-order valence-corrected chi connectivity index (χ3v) is 4.20. The predicted molar refractivity (Wildman–Crippen MR) is 83.8 cm³/mol. The Labute approximate surface area is 132 Å². The van der Waals surface area contributed by atoms with Crippen LogP contribution in [0.3, 0.4) is 0 Å². The second-order valence-electron chi connectivity index (χ2n) is 4.15. The summed E-state index contributed by atoms with van der Waals surface area (Å²) in [5.74, 6) is -0.606. The maximum Gasteiger partial charge on any atom is 0.251 e. The number of carbonyl (C=O) groups excluding carboxylic acids is 1. The van der Waals surface area contributed by atoms with E-state index in [0.29, 0.717) is 16.8 Å². The quantitative estimate of drug-likeness (QED) is 0.767. The number of rotatable bonds is 3. The van der Waals surface area contributed by atoms with Crippen LogP contribution in [0.15, 0.2) is 45.3 Å². The number of hydrogen-bond donors (Lipinski definition) is 2. The van der Waals surface area contributed by atoms with Gasteiger partial charge in [-0.05, 0) is 57.9 Å². The zero-order valence-electron chi connectivity index (χ0n) is 10.3. The predicted octanol–water partition coefficient (Wildman–Crippen LogP) is 3.86. The van der Waals surface area contributed by atoms with Crippen LogP contribution in [-0.2, 0) is 6.54 Å². The van der Waals surface area contributed by atoms with E-state index in [1.54, 1.807) is 24.3 Å². The normalized spacial score (nSPS) is 10.3. The summed E-state index contributed by atoms with van der Waals surface area (Å²) in [5, 5.41) is 2.72. The molecule has 0 fully saturated rings. The molecule has 0 spiro atoms. The van der Waals surface area contributed by atoms with Crippen LogP contribution in [0.4, 0.5) is 10.1 Å². The van der Waals surface area contributed by atoms with Crippen LogP contribution in [0.25, 0.3) is 0 Å². The van der Waals surface area contributed by atoms with Gasteiger partial charge in [-0.3, -0.25) is 4.79 Å². The Balaban J connectivity index is 2.08. The minimum atomic E-state index is -0.342. The summed E-state index contributed by atoms with van der Waals surface area (Å²) in [6.07, 6.45) is 0. The first-order valence-electron chi connectivity index (χ1n) is 5.74. The van der Waals surface area contributed by atoms with Crippen molar-refractivity contribution in [2.45, 2.75) is 6.54 Å². The number of carbonyl (C=O) groups is 1. The maximum absolute atomic E-state index is 13.1. The Morgan fingerprint density at radius 3 is 2.55 bits per heavy atom. The Hall–Kier alpha value is -1.40. The summed E-state index contributed by atoms with van der Waals surface area (Å²) in [6.45, 7) is 0.229. The van der Waals surface area contributed by atoms with E-state index in [1.165, 1.54) is 12.1 Å². The van der Waals surface area contributed by atoms with Crippen LogP contribution >= 0.6 is 31.9 Å². The molecule has 0 aromatic heterocycles. The molecule has 0 atom stereocenters. The number of amides is 1. The Kier molecular flexibility index (Phi) is 4.77. The Morgan fingerprint density at radius 2 is 1.85 bits per heavy atom. The number of nitrogen functional groups attached to an aromatic ring is 1. The second kappa shape index (κ2) is 6.37. The minimum absolute atomic E-state index is 0.229. The first-order valence-corrected chi connectivity index (χ1v) is 7.33. The minimum Gasteiger partial charge on any atom is -0.398 e. The SMILES string of the molecule is Nc1cc(C(=O)NCc2cc(F)ccc2Br)ccc1Br. The first-order chi connectivity index (χ1) is 9.47. The molecule has 2 aromatic carbocycles. The van der Waals surface area contributed by atoms with E-state index in [0.717, 1.165) is 8.95 Å². The summed E-state index contributed by atoms with van der Waals surface area (Å²) in [7, 11) is 0. The molecule has 0 aliphatic carbocycles. The highest BCUT2D eigenvalue weighted by molar-refractivity contribution is 9.10. The van der Waals surface area contributed by atoms with Gasteiger partial charge in [0.2, 0.25) is 0 Å². The van der Waals surface area contributed by atoms with Crippen molar-refractivity contribution in [3.05, 3.63) is 62.3 Å². The number of benzene rings is 2. The fraction of sp³-hybridized carbons (Fsp3) is 0.0714. The molecule has 0 aliphatic rings. The molecular formula is C14H11Br2FN2O. The van der Waals surface area contributed by atoms with E-state index in [9.17, 15) is 9.18 Å². The van der Waals surface area contributed by atoms with Gasteiger partial charge < -0.3 is 11.1 Å². The van der Waals surface area contributed by atoms with Crippen LogP contribution in [0.1, 0.15) is 15.9 Å². The number of nitrogens with two attached hydrogens (primary N) is 1. The van der Waals surface area contributed by atoms with Gasteiger partial charge in [-0.25, -0.2) is 4.39 Å². The van der Waals surface area contributed by atoms with E-state index >= 15 is 0 Å². The van der Waals surface area contributed by atoms with Gasteiger partial charge in [-0.15, -0.1) is 0 Å². The van der Waals surface area contributed by atoms with Crippen molar-refractivity contribution in [1.29, 1.82) is 0 Å². The average molecular weight is 402 g/mol. The van der Waals surface area contributed by atoms with Crippen molar-refractivity contribution >= 4 is 43.5 Å². The largest absolute Gasteiger partial charge is 0.398 e. The third-order valence-electron chi connectivity index (χ3n) is 2.71. The van der Waals surface area contributed by atoms with Crippen molar-refractivity contribution < 1.29 is 9.18 Å². The van der Waals surface area contributed by atoms with Crippen LogP contribution in [0, 0.1) is 5.82 Å². The smallest absolute Gasteiger partial charge is 0.251 e. The standard InChI is InChI=1S/C14H11Br2FN2O/c15-11-4-2-10(17)5-9(11)7-19-14(20)8-1-3-12(16)13(18)6-8/h1-6H,7,18H2,(H,19,20). The van der Waals surface area contributed by atoms with Crippen molar-refractivity contribution in [2.75, 3.05) is 5.73 Å². The molecule has 0 bridgehead atoms. The highest BCUT2D eigenvalue weighted by Gasteiger charge is 2.08. The molecule has 104 valence electrons. The molecule has 0 aliphatic heterocycles. The lowest BCUT2D eigenvalue weighted by Gasteiger charge is -2.08. The van der Waals surface area contributed by atoms with Gasteiger partial charge in [0.05, 0.1) is 0 Å². The molecule has 3 N–H and O–H groups in total. The number of halogens is 3. The van der Waals surface area contributed by atoms with Gasteiger partial charge in [-0.1, -0.05) is 15.9 Å². The fourth-order valence-corrected chi connectivity index (χ4v) is 2.27. The molecule has 6 heteroatoms. The topological polar surface area (TPSA) is 55.1 Å². The second-order valence-corrected chi connectivity index (χ2v) is 5.86. The lowest BCUT2D eigenvalue weighted by atomic mass is 10.1. The van der Waals surface area contributed by atoms with Crippen LogP contribution in [-0.4, -0.2) is 5.91 Å². The zero-order valence-corrected chi connectivity index (χ0v) is 13.5. The van der Waals surface area contributed by atoms with Gasteiger partial charge in [-0.2, -0.15) is 0 Å². The summed E-state index contributed by atoms with van der Waals surface area (Å²) in [4.78, 5) is 12.0. The van der Waals surface area contributed by atoms with Crippen LogP contribution in [0.5, 0.6) is 0 Å². The van der Waals surface area contributed by atoms with Gasteiger partial charge in [0.15, 0.2) is 0 Å². The lowest BCUT2D eigenvalue weighted by molar-refractivity contribution is 0.0951. The third kappa shape index (κ3) is 3.58. The molecule has 0 heterocycles. The summed E-state index contributed by atoms with van der Waals surface area (Å²) < 4.78 is 14.6. The number of anilines is 1. The number of nitrogens with one attached hydrogen (secondary N) is 1. The van der Waals surface area contributed by atoms with Crippen LogP contribution in [0.2, 0.25) is 0 Å². The first kappa shape index (κ1) is 15.0. The van der Waals surface area contributed by atoms with E-state index < -0.39 is 0 Å². The van der Waals surface area contributed by atoms with Gasteiger partial charge >= 0.3 is 0 Å². The van der Waals surface area contributed by atoms with E-state index in [-0.39, 0.29) is 18.3 Å². The fourth-order valence-electron chi connectivity index (χ4n) is 1.64. The van der Waals surface area contributed by atoms with Crippen molar-refractivity contribution in [3.63, 3.8) is 0 Å². The van der Waals surface area contributed by atoms with Gasteiger partial charge in [0, 0.05) is 26.7 Å². The molecule has 0 saturated heterocycles. The molecular weight excluding hydrogens is 391 g/mol. The molecule has 2 aromatic rings. The molecule has 1 amide bonds. The monoisotopic (exact) mass is 400 g/mol. The van der Waals surface area contributed by atoms with Crippen molar-refractivity contribution in [3.8, 4) is 0 Å². The molecule has 20 heavy (non-hydrogen) atoms. The van der Waals surface area contributed by atoms with Crippen molar-refractivity contribution in [1.82, 2.24) is 5.32 Å². The summed E-state index contributed by atoms with van der Waals surface area (Å²) in [6, 6.07) is 9.29. The lowest BCUT2D eigenvalue weighted by Crippen LogP contribution is -2.23. The summed E-state index contributed by atoms with van der Waals surface area (Å²) >= 11 is 6.58. The molecule has 0 saturated carbocycles. The Morgan fingerprint density at radius 1 is 1.15 bits per heavy atom. The molecule has 0 radical (unpaired) electrons. The van der Waals surface area contributed by atoms with Crippen LogP contribution < -0.4 is 11.1 Å². The van der Waals surface area contributed by atoms with Gasteiger partial charge in [0.25, 0.3) is 5.91 Å². The average Bonchev–Trinajstić information content (AvgIpc) is 2.42. The van der Waals surface area contributed by atoms with E-state index in [2.05, 4.69) is 37.2 Å². The molecule has 2 rings (SSSR count). The summed E-state index contributed by atoms with van der Waals surface area (Å²) in [5.41, 5.74) is 7.34. The highest BCUT2D eigenvalue weighted by Crippen LogP contribution is 2.21.